The van der Waals surface area contributed by atoms with Crippen LogP contribution >= 0.6 is 0 Å². The summed E-state index contributed by atoms with van der Waals surface area (Å²) in [6.45, 7) is 14.6. The molecule has 5 nitrogen and oxygen atoms in total. The number of carbonyl (C=O) groups is 1. The molecule has 1 heterocycles. The van der Waals surface area contributed by atoms with Crippen LogP contribution in [0.4, 0.5) is 5.69 Å². The third kappa shape index (κ3) is 7.08. The highest BCUT2D eigenvalue weighted by Gasteiger charge is 2.16. The molecule has 31 heavy (non-hydrogen) atoms. The van der Waals surface area contributed by atoms with E-state index in [1.54, 1.807) is 0 Å². The first kappa shape index (κ1) is 23.3. The molecule has 2 aromatic rings. The maximum atomic E-state index is 12.5. The zero-order chi connectivity index (χ0) is 22.1. The van der Waals surface area contributed by atoms with E-state index in [0.717, 1.165) is 64.3 Å². The molecule has 0 aromatic heterocycles. The summed E-state index contributed by atoms with van der Waals surface area (Å²) < 4.78 is 0. The fraction of sp³-hybridized carbons (Fsp3) is 0.500. The van der Waals surface area contributed by atoms with E-state index < -0.39 is 0 Å². The number of nitrogens with zero attached hydrogens (tertiary/aromatic N) is 3. The number of anilines is 1. The first-order valence-corrected chi connectivity index (χ1v) is 11.7. The van der Waals surface area contributed by atoms with E-state index in [1.165, 1.54) is 11.3 Å². The Morgan fingerprint density at radius 2 is 1.68 bits per heavy atom. The summed E-state index contributed by atoms with van der Waals surface area (Å²) in [6.07, 6.45) is 0.981. The van der Waals surface area contributed by atoms with Gasteiger partial charge < -0.3 is 10.2 Å². The van der Waals surface area contributed by atoms with Gasteiger partial charge in [0, 0.05) is 56.6 Å². The molecule has 1 aliphatic rings. The van der Waals surface area contributed by atoms with Gasteiger partial charge in [0.05, 0.1) is 0 Å². The predicted molar refractivity (Wildman–Crippen MR) is 130 cm³/mol. The summed E-state index contributed by atoms with van der Waals surface area (Å²) in [4.78, 5) is 19.8. The minimum absolute atomic E-state index is 0.0247. The van der Waals surface area contributed by atoms with Gasteiger partial charge in [-0.15, -0.1) is 0 Å². The van der Waals surface area contributed by atoms with Crippen LogP contribution in [0, 0.1) is 0 Å². The highest BCUT2D eigenvalue weighted by molar-refractivity contribution is 5.94. The largest absolute Gasteiger partial charge is 0.369 e. The van der Waals surface area contributed by atoms with Crippen LogP contribution in [0.2, 0.25) is 0 Å². The van der Waals surface area contributed by atoms with E-state index in [0.29, 0.717) is 6.04 Å². The maximum Gasteiger partial charge on any atom is 0.251 e. The van der Waals surface area contributed by atoms with Crippen LogP contribution in [0.25, 0.3) is 0 Å². The second kappa shape index (κ2) is 11.9. The van der Waals surface area contributed by atoms with Gasteiger partial charge in [0.1, 0.15) is 0 Å². The molecule has 2 aromatic carbocycles. The molecule has 1 N–H and O–H groups in total. The molecule has 0 saturated carbocycles. The van der Waals surface area contributed by atoms with E-state index in [2.05, 4.69) is 83.3 Å². The van der Waals surface area contributed by atoms with Crippen LogP contribution in [-0.2, 0) is 6.54 Å². The molecule has 0 atom stereocenters. The second-order valence-electron chi connectivity index (χ2n) is 8.63. The molecule has 1 saturated heterocycles. The van der Waals surface area contributed by atoms with Gasteiger partial charge in [0.2, 0.25) is 0 Å². The highest BCUT2D eigenvalue weighted by atomic mass is 16.1. The van der Waals surface area contributed by atoms with Crippen LogP contribution in [0.3, 0.4) is 0 Å². The van der Waals surface area contributed by atoms with Gasteiger partial charge >= 0.3 is 0 Å². The summed E-state index contributed by atoms with van der Waals surface area (Å²) >= 11 is 0. The minimum atomic E-state index is 0.0247. The van der Waals surface area contributed by atoms with E-state index in [-0.39, 0.29) is 5.91 Å². The Kier molecular flexibility index (Phi) is 8.92. The molecule has 5 heteroatoms. The molecular weight excluding hydrogens is 384 g/mol. The van der Waals surface area contributed by atoms with Gasteiger partial charge in [-0.2, -0.15) is 0 Å². The molecule has 0 spiro atoms. The summed E-state index contributed by atoms with van der Waals surface area (Å²) in [7, 11) is 0. The predicted octanol–water partition coefficient (Wildman–Crippen LogP) is 3.86. The third-order valence-corrected chi connectivity index (χ3v) is 6.17. The molecule has 0 bridgehead atoms. The Labute approximate surface area is 188 Å². The monoisotopic (exact) mass is 422 g/mol. The summed E-state index contributed by atoms with van der Waals surface area (Å²) in [5.41, 5.74) is 3.31. The Hall–Kier alpha value is -2.37. The Morgan fingerprint density at radius 1 is 1.00 bits per heavy atom. The smallest absolute Gasteiger partial charge is 0.251 e. The summed E-state index contributed by atoms with van der Waals surface area (Å²) in [5, 5.41) is 3.08. The van der Waals surface area contributed by atoms with Crippen molar-refractivity contribution >= 4 is 11.6 Å². The van der Waals surface area contributed by atoms with Gasteiger partial charge in [-0.1, -0.05) is 37.3 Å². The molecule has 0 aliphatic carbocycles. The summed E-state index contributed by atoms with van der Waals surface area (Å²) in [5.74, 6) is 0.0247. The lowest BCUT2D eigenvalue weighted by Gasteiger charge is -2.36. The molecule has 0 unspecified atom stereocenters. The lowest BCUT2D eigenvalue weighted by molar-refractivity contribution is 0.0951. The number of benzene rings is 2. The molecule has 1 amide bonds. The van der Waals surface area contributed by atoms with E-state index in [9.17, 15) is 4.79 Å². The fourth-order valence-electron chi connectivity index (χ4n) is 4.13. The van der Waals surface area contributed by atoms with Crippen molar-refractivity contribution in [2.24, 2.45) is 0 Å². The van der Waals surface area contributed by atoms with Gasteiger partial charge in [0.25, 0.3) is 5.91 Å². The zero-order valence-corrected chi connectivity index (χ0v) is 19.4. The Balaban J connectivity index is 1.34. The SMILES string of the molecule is CCN(Cc1ccc(C(=O)NCCCN2CCN(c3ccccc3)CC2)cc1)C(C)C. The Bertz CT molecular complexity index is 783. The zero-order valence-electron chi connectivity index (χ0n) is 19.4. The molecule has 0 radical (unpaired) electrons. The molecule has 1 aliphatic heterocycles. The lowest BCUT2D eigenvalue weighted by Crippen LogP contribution is -2.47. The molecule has 1 fully saturated rings. The number of nitrogens with one attached hydrogen (secondary N) is 1. The van der Waals surface area contributed by atoms with Crippen LogP contribution in [0.15, 0.2) is 54.6 Å². The van der Waals surface area contributed by atoms with Crippen LogP contribution in [0.1, 0.15) is 43.1 Å². The van der Waals surface area contributed by atoms with E-state index in [1.807, 2.05) is 12.1 Å². The van der Waals surface area contributed by atoms with Gasteiger partial charge in [-0.05, 0) is 63.2 Å². The van der Waals surface area contributed by atoms with E-state index >= 15 is 0 Å². The average molecular weight is 423 g/mol. The van der Waals surface area contributed by atoms with Crippen LogP contribution in [0.5, 0.6) is 0 Å². The summed E-state index contributed by atoms with van der Waals surface area (Å²) in [6, 6.07) is 19.2. The van der Waals surface area contributed by atoms with Crippen molar-refractivity contribution in [3.8, 4) is 0 Å². The highest BCUT2D eigenvalue weighted by Crippen LogP contribution is 2.15. The van der Waals surface area contributed by atoms with Gasteiger partial charge in [-0.25, -0.2) is 0 Å². The minimum Gasteiger partial charge on any atom is -0.369 e. The standard InChI is InChI=1S/C26H38N4O/c1-4-29(22(2)3)21-23-11-13-24(14-12-23)26(31)27-15-8-16-28-17-19-30(20-18-28)25-9-6-5-7-10-25/h5-7,9-14,22H,4,8,15-21H2,1-3H3,(H,27,31). The number of amides is 1. The number of carbonyl (C=O) groups excluding carboxylic acids is 1. The Morgan fingerprint density at radius 3 is 2.29 bits per heavy atom. The number of piperazine rings is 1. The molecule has 168 valence electrons. The van der Waals surface area contributed by atoms with Crippen molar-refractivity contribution in [1.29, 1.82) is 0 Å². The topological polar surface area (TPSA) is 38.8 Å². The van der Waals surface area contributed by atoms with Crippen LogP contribution < -0.4 is 10.2 Å². The van der Waals surface area contributed by atoms with Crippen molar-refractivity contribution in [2.45, 2.75) is 39.8 Å². The van der Waals surface area contributed by atoms with E-state index in [4.69, 9.17) is 0 Å². The third-order valence-electron chi connectivity index (χ3n) is 6.17. The maximum absolute atomic E-state index is 12.5. The number of hydrogen-bond acceptors (Lipinski definition) is 4. The normalized spacial score (nSPS) is 14.9. The van der Waals surface area contributed by atoms with Crippen molar-refractivity contribution in [1.82, 2.24) is 15.1 Å². The van der Waals surface area contributed by atoms with Crippen LogP contribution in [-0.4, -0.2) is 67.6 Å². The second-order valence-corrected chi connectivity index (χ2v) is 8.63. The van der Waals surface area contributed by atoms with Crippen molar-refractivity contribution in [3.63, 3.8) is 0 Å². The fourth-order valence-corrected chi connectivity index (χ4v) is 4.13. The van der Waals surface area contributed by atoms with Gasteiger partial charge in [-0.3, -0.25) is 14.6 Å². The quantitative estimate of drug-likeness (QED) is 0.590. The lowest BCUT2D eigenvalue weighted by atomic mass is 10.1. The van der Waals surface area contributed by atoms with Crippen molar-refractivity contribution in [3.05, 3.63) is 65.7 Å². The van der Waals surface area contributed by atoms with Crippen molar-refractivity contribution < 1.29 is 4.79 Å². The van der Waals surface area contributed by atoms with Crippen molar-refractivity contribution in [2.75, 3.05) is 50.7 Å². The first-order chi connectivity index (χ1) is 15.1. The first-order valence-electron chi connectivity index (χ1n) is 11.7. The average Bonchev–Trinajstić information content (AvgIpc) is 2.81. The van der Waals surface area contributed by atoms with Gasteiger partial charge in [0.15, 0.2) is 0 Å². The number of rotatable bonds is 10. The number of hydrogen-bond donors (Lipinski definition) is 1. The molecule has 3 rings (SSSR count). The molecular formula is C26H38N4O. The number of para-hydroxylation sites is 1.